The van der Waals surface area contributed by atoms with Gasteiger partial charge in [0.15, 0.2) is 0 Å². The molecule has 14 unspecified atom stereocenters. The molecule has 0 bridgehead atoms. The number of nitrogens with two attached hydrogens (primary N) is 1. The fourth-order valence-electron chi connectivity index (χ4n) is 12.5. The summed E-state index contributed by atoms with van der Waals surface area (Å²) in [5.41, 5.74) is 6.19. The molecule has 0 aromatic heterocycles. The van der Waals surface area contributed by atoms with Gasteiger partial charge in [0, 0.05) is 4.91 Å². The summed E-state index contributed by atoms with van der Waals surface area (Å²) < 4.78 is 0. The lowest BCUT2D eigenvalue weighted by Crippen LogP contribution is -2.43. The van der Waals surface area contributed by atoms with E-state index in [9.17, 15) is 0 Å². The van der Waals surface area contributed by atoms with E-state index in [1.54, 1.807) is 19.3 Å². The molecule has 5 saturated carbocycles. The van der Waals surface area contributed by atoms with Crippen LogP contribution in [-0.4, -0.2) is 12.3 Å². The first-order valence-electron chi connectivity index (χ1n) is 17.4. The molecule has 0 saturated heterocycles. The molecular weight excluding hydrogens is 543 g/mol. The molecule has 6 rings (SSSR count). The van der Waals surface area contributed by atoms with Crippen molar-refractivity contribution in [2.45, 2.75) is 97.8 Å². The van der Waals surface area contributed by atoms with Crippen molar-refractivity contribution in [1.29, 1.82) is 0 Å². The average Bonchev–Trinajstić information content (AvgIpc) is 3.26. The van der Waals surface area contributed by atoms with E-state index < -0.39 is 0 Å². The van der Waals surface area contributed by atoms with Gasteiger partial charge in [0.2, 0.25) is 0 Å². The molecule has 2 N–H and O–H groups in total. The highest BCUT2D eigenvalue weighted by Gasteiger charge is 2.59. The van der Waals surface area contributed by atoms with E-state index in [4.69, 9.17) is 43.6 Å². The Morgan fingerprint density at radius 3 is 2.33 bits per heavy atom. The van der Waals surface area contributed by atoms with Crippen LogP contribution in [0.3, 0.4) is 0 Å². The van der Waals surface area contributed by atoms with Crippen LogP contribution in [0.15, 0.2) is 22.0 Å². The predicted octanol–water partition coefficient (Wildman–Crippen LogP) is 9.57. The minimum absolute atomic E-state index is 0.605. The third kappa shape index (κ3) is 5.69. The number of allylic oxidation sites excluding steroid dienone is 3. The van der Waals surface area contributed by atoms with Gasteiger partial charge in [-0.1, -0.05) is 39.7 Å². The maximum atomic E-state index is 6.19. The maximum absolute atomic E-state index is 6.19. The van der Waals surface area contributed by atoms with Crippen molar-refractivity contribution in [3.63, 3.8) is 0 Å². The van der Waals surface area contributed by atoms with Gasteiger partial charge in [-0.05, 0) is 176 Å². The average molecular weight is 602 g/mol. The van der Waals surface area contributed by atoms with Gasteiger partial charge in [-0.2, -0.15) is 12.6 Å². The fourth-order valence-corrected chi connectivity index (χ4v) is 13.6. The molecule has 0 aliphatic heterocycles. The topological polar surface area (TPSA) is 26.0 Å². The number of hydrogen-bond donors (Lipinski definition) is 4. The Kier molecular flexibility index (Phi) is 9.80. The Hall–Kier alpha value is 0.490. The van der Waals surface area contributed by atoms with Crippen LogP contribution >= 0.6 is 37.9 Å². The quantitative estimate of drug-likeness (QED) is 0.184. The van der Waals surface area contributed by atoms with Crippen molar-refractivity contribution < 1.29 is 0 Å². The molecule has 1 nitrogen and oxygen atoms in total. The monoisotopic (exact) mass is 601 g/mol. The van der Waals surface area contributed by atoms with E-state index in [2.05, 4.69) is 32.9 Å². The third-order valence-corrected chi connectivity index (χ3v) is 15.0. The number of fused-ring (bicyclic) bond motifs is 2. The summed E-state index contributed by atoms with van der Waals surface area (Å²) in [6.07, 6.45) is 21.5. The van der Waals surface area contributed by atoms with Crippen LogP contribution in [0.25, 0.3) is 0 Å². The lowest BCUT2D eigenvalue weighted by Gasteiger charge is -2.50. The van der Waals surface area contributed by atoms with Gasteiger partial charge >= 0.3 is 0 Å². The van der Waals surface area contributed by atoms with Gasteiger partial charge < -0.3 is 5.73 Å². The van der Waals surface area contributed by atoms with E-state index in [0.717, 1.165) is 106 Å². The zero-order valence-corrected chi connectivity index (χ0v) is 28.3. The van der Waals surface area contributed by atoms with Crippen molar-refractivity contribution in [1.82, 2.24) is 0 Å². The van der Waals surface area contributed by atoms with Crippen LogP contribution < -0.4 is 5.73 Å². The predicted molar refractivity (Wildman–Crippen MR) is 182 cm³/mol. The van der Waals surface area contributed by atoms with E-state index >= 15 is 0 Å². The molecule has 226 valence electrons. The van der Waals surface area contributed by atoms with E-state index in [1.807, 2.05) is 0 Å². The zero-order valence-electron chi connectivity index (χ0n) is 25.6. The van der Waals surface area contributed by atoms with Crippen molar-refractivity contribution in [3.05, 3.63) is 22.0 Å². The highest BCUT2D eigenvalue weighted by Crippen LogP contribution is 2.67. The van der Waals surface area contributed by atoms with E-state index in [0.29, 0.717) is 5.92 Å². The van der Waals surface area contributed by atoms with Crippen molar-refractivity contribution in [2.24, 2.45) is 94.5 Å². The second kappa shape index (κ2) is 12.8. The molecule has 0 amide bonds. The summed E-state index contributed by atoms with van der Waals surface area (Å²) >= 11 is 14.2. The Morgan fingerprint density at radius 1 is 0.825 bits per heavy atom. The van der Waals surface area contributed by atoms with Crippen LogP contribution in [0.4, 0.5) is 0 Å². The summed E-state index contributed by atoms with van der Waals surface area (Å²) in [6, 6.07) is 0. The van der Waals surface area contributed by atoms with Crippen LogP contribution in [0, 0.1) is 88.8 Å². The molecule has 15 atom stereocenters. The van der Waals surface area contributed by atoms with Crippen molar-refractivity contribution in [3.8, 4) is 0 Å². The van der Waals surface area contributed by atoms with Crippen molar-refractivity contribution >= 4 is 37.9 Å². The van der Waals surface area contributed by atoms with Gasteiger partial charge in [-0.25, -0.2) is 0 Å². The smallest absolute Gasteiger partial charge is 0.00108 e. The molecule has 0 radical (unpaired) electrons. The zero-order chi connectivity index (χ0) is 28.1. The standard InChI is InChI=1S/C36H59NS3/c1-4-23-11-20(2)32-16-27(35(23)32)17-33-21(3)30(8-10-38)36-26(18-34(33)36)13-22-5-6-31(24(12-22)7-9-37)25-14-28(39)19-29(40)15-25/h14,19-27,30-36,38-40H,4-13,15-18,37H2,1-3H3/t20?,21-,22?,23?,24?,25?,26?,27?,30?,31?,32?,33?,34?,35?,36?/m1/s1. The summed E-state index contributed by atoms with van der Waals surface area (Å²) in [6.45, 7) is 8.52. The molecule has 0 spiro atoms. The summed E-state index contributed by atoms with van der Waals surface area (Å²) in [4.78, 5) is 2.32. The molecule has 0 heterocycles. The molecule has 40 heavy (non-hydrogen) atoms. The molecule has 6 aliphatic carbocycles. The lowest BCUT2D eigenvalue weighted by atomic mass is 9.55. The van der Waals surface area contributed by atoms with Gasteiger partial charge in [-0.15, -0.1) is 25.3 Å². The van der Waals surface area contributed by atoms with E-state index in [-0.39, 0.29) is 0 Å². The molecular formula is C36H59NS3. The number of thiol groups is 3. The lowest BCUT2D eigenvalue weighted by molar-refractivity contribution is -0.0123. The molecule has 5 fully saturated rings. The summed E-state index contributed by atoms with van der Waals surface area (Å²) in [5.74, 6) is 15.2. The normalized spacial score (nSPS) is 49.9. The Morgan fingerprint density at radius 2 is 1.60 bits per heavy atom. The third-order valence-electron chi connectivity index (χ3n) is 14.2. The van der Waals surface area contributed by atoms with Gasteiger partial charge in [0.1, 0.15) is 0 Å². The largest absolute Gasteiger partial charge is 0.330 e. The Bertz CT molecular complexity index is 944. The second-order valence-corrected chi connectivity index (χ2v) is 17.3. The summed E-state index contributed by atoms with van der Waals surface area (Å²) in [5, 5.41) is 0. The Labute approximate surface area is 263 Å². The fraction of sp³-hybridized carbons (Fsp3) is 0.889. The van der Waals surface area contributed by atoms with Crippen LogP contribution in [0.1, 0.15) is 97.8 Å². The second-order valence-electron chi connectivity index (χ2n) is 15.8. The molecule has 6 aliphatic rings. The van der Waals surface area contributed by atoms with Gasteiger partial charge in [-0.3, -0.25) is 0 Å². The van der Waals surface area contributed by atoms with E-state index in [1.165, 1.54) is 56.3 Å². The summed E-state index contributed by atoms with van der Waals surface area (Å²) in [7, 11) is 0. The Balaban J connectivity index is 1.08. The number of rotatable bonds is 10. The van der Waals surface area contributed by atoms with Crippen LogP contribution in [0.5, 0.6) is 0 Å². The maximum Gasteiger partial charge on any atom is 0.00108 e. The molecule has 4 heteroatoms. The first-order valence-corrected chi connectivity index (χ1v) is 19.0. The van der Waals surface area contributed by atoms with Crippen molar-refractivity contribution in [2.75, 3.05) is 12.3 Å². The minimum atomic E-state index is 0.605. The molecule has 0 aromatic carbocycles. The number of hydrogen-bond acceptors (Lipinski definition) is 4. The highest BCUT2D eigenvalue weighted by atomic mass is 32.1. The first kappa shape index (κ1) is 30.5. The SMILES string of the molecule is CCC1CC(C)C2CC(CC3C4CC(CC5CCC(C6C=C(S)C=C(S)C6)C(CCN)C5)C4C(CCS)[C@H]3C)C12. The minimum Gasteiger partial charge on any atom is -0.330 e. The van der Waals surface area contributed by atoms with Crippen LogP contribution in [-0.2, 0) is 0 Å². The van der Waals surface area contributed by atoms with Gasteiger partial charge in [0.25, 0.3) is 0 Å². The molecule has 0 aromatic rings. The first-order chi connectivity index (χ1) is 19.3. The highest BCUT2D eigenvalue weighted by molar-refractivity contribution is 7.85. The van der Waals surface area contributed by atoms with Crippen LogP contribution in [0.2, 0.25) is 0 Å². The van der Waals surface area contributed by atoms with Gasteiger partial charge in [0.05, 0.1) is 0 Å².